The lowest BCUT2D eigenvalue weighted by Crippen LogP contribution is -2.29. The molecule has 1 aliphatic heterocycles. The first-order valence-corrected chi connectivity index (χ1v) is 8.32. The zero-order valence-corrected chi connectivity index (χ0v) is 13.7. The molecule has 0 atom stereocenters. The second kappa shape index (κ2) is 7.24. The SMILES string of the molecule is O=C(c1ccc(CN2CCCCC2)cc1)c1cc(F)cc(Cl)c1. The van der Waals surface area contributed by atoms with E-state index >= 15 is 0 Å². The largest absolute Gasteiger partial charge is 0.299 e. The molecule has 120 valence electrons. The van der Waals surface area contributed by atoms with Gasteiger partial charge in [-0.3, -0.25) is 9.69 Å². The number of piperidine rings is 1. The molecule has 3 rings (SSSR count). The Morgan fingerprint density at radius 3 is 2.35 bits per heavy atom. The molecule has 0 aliphatic carbocycles. The van der Waals surface area contributed by atoms with Gasteiger partial charge in [-0.15, -0.1) is 0 Å². The number of likely N-dealkylation sites (tertiary alicyclic amines) is 1. The molecule has 1 saturated heterocycles. The molecule has 0 bridgehead atoms. The summed E-state index contributed by atoms with van der Waals surface area (Å²) in [5.74, 6) is -0.710. The summed E-state index contributed by atoms with van der Waals surface area (Å²) in [5.41, 5.74) is 2.02. The van der Waals surface area contributed by atoms with Crippen molar-refractivity contribution in [3.8, 4) is 0 Å². The van der Waals surface area contributed by atoms with Crippen molar-refractivity contribution in [2.24, 2.45) is 0 Å². The first-order valence-electron chi connectivity index (χ1n) is 7.94. The molecule has 0 unspecified atom stereocenters. The van der Waals surface area contributed by atoms with Crippen LogP contribution in [0.2, 0.25) is 5.02 Å². The van der Waals surface area contributed by atoms with Gasteiger partial charge in [0.2, 0.25) is 0 Å². The third kappa shape index (κ3) is 4.18. The highest BCUT2D eigenvalue weighted by molar-refractivity contribution is 6.31. The Labute approximate surface area is 140 Å². The molecular weight excluding hydrogens is 313 g/mol. The van der Waals surface area contributed by atoms with E-state index in [0.717, 1.165) is 19.6 Å². The van der Waals surface area contributed by atoms with Gasteiger partial charge in [0.25, 0.3) is 0 Å². The van der Waals surface area contributed by atoms with Crippen LogP contribution in [0.15, 0.2) is 42.5 Å². The highest BCUT2D eigenvalue weighted by Gasteiger charge is 2.13. The molecule has 2 nitrogen and oxygen atoms in total. The number of halogens is 2. The maximum Gasteiger partial charge on any atom is 0.193 e. The number of carbonyl (C=O) groups excluding carboxylic acids is 1. The van der Waals surface area contributed by atoms with E-state index in [1.54, 1.807) is 12.1 Å². The molecule has 1 aliphatic rings. The fourth-order valence-electron chi connectivity index (χ4n) is 2.99. The zero-order valence-electron chi connectivity index (χ0n) is 12.9. The molecule has 0 radical (unpaired) electrons. The number of hydrogen-bond acceptors (Lipinski definition) is 2. The smallest absolute Gasteiger partial charge is 0.193 e. The summed E-state index contributed by atoms with van der Waals surface area (Å²) in [7, 11) is 0. The first-order chi connectivity index (χ1) is 11.1. The highest BCUT2D eigenvalue weighted by Crippen LogP contribution is 2.19. The minimum atomic E-state index is -0.498. The molecule has 0 N–H and O–H groups in total. The van der Waals surface area contributed by atoms with Crippen LogP contribution in [0.25, 0.3) is 0 Å². The third-order valence-electron chi connectivity index (χ3n) is 4.20. The van der Waals surface area contributed by atoms with Crippen LogP contribution in [-0.2, 0) is 6.54 Å². The lowest BCUT2D eigenvalue weighted by Gasteiger charge is -2.26. The Balaban J connectivity index is 1.72. The number of rotatable bonds is 4. The number of ketones is 1. The van der Waals surface area contributed by atoms with Crippen molar-refractivity contribution in [2.75, 3.05) is 13.1 Å². The standard InChI is InChI=1S/C19H19ClFNO/c20-17-10-16(11-18(21)12-17)19(23)15-6-4-14(5-7-15)13-22-8-2-1-3-9-22/h4-7,10-12H,1-3,8-9,13H2. The minimum Gasteiger partial charge on any atom is -0.299 e. The van der Waals surface area contributed by atoms with Gasteiger partial charge in [-0.2, -0.15) is 0 Å². The van der Waals surface area contributed by atoms with Gasteiger partial charge < -0.3 is 0 Å². The van der Waals surface area contributed by atoms with Gasteiger partial charge in [0.1, 0.15) is 5.82 Å². The van der Waals surface area contributed by atoms with Crippen molar-refractivity contribution in [3.63, 3.8) is 0 Å². The summed E-state index contributed by atoms with van der Waals surface area (Å²) < 4.78 is 13.4. The molecule has 0 amide bonds. The molecule has 1 heterocycles. The predicted molar refractivity (Wildman–Crippen MR) is 90.4 cm³/mol. The molecule has 0 aromatic heterocycles. The Morgan fingerprint density at radius 2 is 1.70 bits per heavy atom. The Bertz CT molecular complexity index is 673. The summed E-state index contributed by atoms with van der Waals surface area (Å²) in [6.07, 6.45) is 3.84. The number of carbonyl (C=O) groups is 1. The quantitative estimate of drug-likeness (QED) is 0.757. The van der Waals surface area contributed by atoms with Gasteiger partial charge in [0.15, 0.2) is 5.78 Å². The summed E-state index contributed by atoms with van der Waals surface area (Å²) in [4.78, 5) is 14.9. The Hall–Kier alpha value is -1.71. The molecule has 0 spiro atoms. The molecule has 1 fully saturated rings. The number of nitrogens with zero attached hydrogens (tertiary/aromatic N) is 1. The van der Waals surface area contributed by atoms with Gasteiger partial charge in [0.05, 0.1) is 0 Å². The number of benzene rings is 2. The van der Waals surface area contributed by atoms with Crippen molar-refractivity contribution < 1.29 is 9.18 Å². The summed E-state index contributed by atoms with van der Waals surface area (Å²) in [5, 5.41) is 0.232. The second-order valence-corrected chi connectivity index (χ2v) is 6.46. The Kier molecular flexibility index (Phi) is 5.09. The normalized spacial score (nSPS) is 15.6. The van der Waals surface area contributed by atoms with Gasteiger partial charge >= 0.3 is 0 Å². The van der Waals surface area contributed by atoms with E-state index in [2.05, 4.69) is 4.90 Å². The fourth-order valence-corrected chi connectivity index (χ4v) is 3.21. The molecule has 23 heavy (non-hydrogen) atoms. The topological polar surface area (TPSA) is 20.3 Å². The maximum atomic E-state index is 13.4. The third-order valence-corrected chi connectivity index (χ3v) is 4.41. The van der Waals surface area contributed by atoms with Crippen LogP contribution in [-0.4, -0.2) is 23.8 Å². The summed E-state index contributed by atoms with van der Waals surface area (Å²) in [6, 6.07) is 11.5. The fraction of sp³-hybridized carbons (Fsp3) is 0.316. The van der Waals surface area contributed by atoms with Crippen LogP contribution in [0.5, 0.6) is 0 Å². The molecule has 0 saturated carbocycles. The molecule has 4 heteroatoms. The van der Waals surface area contributed by atoms with Crippen LogP contribution in [0.4, 0.5) is 4.39 Å². The van der Waals surface area contributed by atoms with E-state index in [-0.39, 0.29) is 16.4 Å². The summed E-state index contributed by atoms with van der Waals surface area (Å²) in [6.45, 7) is 3.20. The van der Waals surface area contributed by atoms with E-state index in [0.29, 0.717) is 5.56 Å². The van der Waals surface area contributed by atoms with Crippen LogP contribution < -0.4 is 0 Å². The zero-order chi connectivity index (χ0) is 16.2. The second-order valence-electron chi connectivity index (χ2n) is 6.02. The van der Waals surface area contributed by atoms with Crippen LogP contribution in [0.1, 0.15) is 40.7 Å². The van der Waals surface area contributed by atoms with Crippen molar-refractivity contribution >= 4 is 17.4 Å². The average Bonchev–Trinajstić information content (AvgIpc) is 2.55. The summed E-state index contributed by atoms with van der Waals surface area (Å²) >= 11 is 5.82. The Morgan fingerprint density at radius 1 is 1.00 bits per heavy atom. The van der Waals surface area contributed by atoms with E-state index in [9.17, 15) is 9.18 Å². The predicted octanol–water partition coefficient (Wildman–Crippen LogP) is 4.70. The lowest BCUT2D eigenvalue weighted by atomic mass is 10.0. The van der Waals surface area contributed by atoms with Gasteiger partial charge in [-0.25, -0.2) is 4.39 Å². The molecular formula is C19H19ClFNO. The molecule has 2 aromatic carbocycles. The van der Waals surface area contributed by atoms with Crippen molar-refractivity contribution in [2.45, 2.75) is 25.8 Å². The van der Waals surface area contributed by atoms with E-state index < -0.39 is 5.82 Å². The van der Waals surface area contributed by atoms with Gasteiger partial charge in [0, 0.05) is 22.7 Å². The van der Waals surface area contributed by atoms with E-state index in [4.69, 9.17) is 11.6 Å². The van der Waals surface area contributed by atoms with Crippen molar-refractivity contribution in [1.82, 2.24) is 4.90 Å². The highest BCUT2D eigenvalue weighted by atomic mass is 35.5. The van der Waals surface area contributed by atoms with Gasteiger partial charge in [-0.05, 0) is 49.7 Å². The van der Waals surface area contributed by atoms with E-state index in [1.807, 2.05) is 12.1 Å². The van der Waals surface area contributed by atoms with Crippen LogP contribution >= 0.6 is 11.6 Å². The van der Waals surface area contributed by atoms with Gasteiger partial charge in [-0.1, -0.05) is 42.3 Å². The lowest BCUT2D eigenvalue weighted by molar-refractivity contribution is 0.103. The minimum absolute atomic E-state index is 0.212. The maximum absolute atomic E-state index is 13.4. The molecule has 2 aromatic rings. The van der Waals surface area contributed by atoms with Crippen molar-refractivity contribution in [3.05, 3.63) is 70.0 Å². The number of hydrogen-bond donors (Lipinski definition) is 0. The average molecular weight is 332 g/mol. The van der Waals surface area contributed by atoms with Crippen LogP contribution in [0, 0.1) is 5.82 Å². The monoisotopic (exact) mass is 331 g/mol. The van der Waals surface area contributed by atoms with Crippen molar-refractivity contribution in [1.29, 1.82) is 0 Å². The van der Waals surface area contributed by atoms with E-state index in [1.165, 1.54) is 43.0 Å². The first kappa shape index (κ1) is 16.2. The van der Waals surface area contributed by atoms with Crippen LogP contribution in [0.3, 0.4) is 0 Å².